The predicted molar refractivity (Wildman–Crippen MR) is 79.9 cm³/mol. The number of methoxy groups -OCH3 is 1. The Balaban J connectivity index is 1.97. The van der Waals surface area contributed by atoms with Crippen molar-refractivity contribution < 1.29 is 19.4 Å². The Bertz CT molecular complexity index is 421. The molecule has 120 valence electrons. The number of esters is 1. The molecule has 2 heterocycles. The minimum absolute atomic E-state index is 0.269. The third kappa shape index (κ3) is 3.00. The van der Waals surface area contributed by atoms with E-state index >= 15 is 0 Å². The molecule has 2 rings (SSSR count). The summed E-state index contributed by atoms with van der Waals surface area (Å²) in [7, 11) is 1.49. The first-order chi connectivity index (χ1) is 9.91. The molecule has 1 saturated heterocycles. The Morgan fingerprint density at radius 3 is 2.86 bits per heavy atom. The standard InChI is InChI=1S/C16H27NO4/c1-11(2)16(19,12(3)20-4)15(18)21-10-13-7-9-17-8-5-6-14(13)17/h7,11-12,14,19H,5-6,8-10H2,1-4H3/t12-,14+,16-/m0/s1. The van der Waals surface area contributed by atoms with E-state index in [1.54, 1.807) is 20.8 Å². The van der Waals surface area contributed by atoms with E-state index < -0.39 is 17.7 Å². The van der Waals surface area contributed by atoms with Crippen LogP contribution in [0.2, 0.25) is 0 Å². The fourth-order valence-electron chi connectivity index (χ4n) is 3.31. The molecule has 0 unspecified atom stereocenters. The third-order valence-electron chi connectivity index (χ3n) is 4.93. The average Bonchev–Trinajstić information content (AvgIpc) is 3.06. The van der Waals surface area contributed by atoms with E-state index in [0.717, 1.165) is 25.1 Å². The van der Waals surface area contributed by atoms with Crippen LogP contribution >= 0.6 is 0 Å². The van der Waals surface area contributed by atoms with Gasteiger partial charge in [0, 0.05) is 19.7 Å². The molecule has 0 radical (unpaired) electrons. The lowest BCUT2D eigenvalue weighted by atomic mass is 9.85. The van der Waals surface area contributed by atoms with Gasteiger partial charge in [-0.1, -0.05) is 19.9 Å². The molecule has 0 aromatic carbocycles. The van der Waals surface area contributed by atoms with Gasteiger partial charge in [0.15, 0.2) is 5.60 Å². The monoisotopic (exact) mass is 297 g/mol. The molecular weight excluding hydrogens is 270 g/mol. The first-order valence-corrected chi connectivity index (χ1v) is 7.76. The molecule has 21 heavy (non-hydrogen) atoms. The second-order valence-corrected chi connectivity index (χ2v) is 6.37. The molecule has 0 spiro atoms. The summed E-state index contributed by atoms with van der Waals surface area (Å²) in [4.78, 5) is 14.8. The summed E-state index contributed by atoms with van der Waals surface area (Å²) in [6.45, 7) is 7.62. The van der Waals surface area contributed by atoms with Gasteiger partial charge in [-0.3, -0.25) is 4.90 Å². The van der Waals surface area contributed by atoms with Crippen LogP contribution < -0.4 is 0 Å². The maximum absolute atomic E-state index is 12.4. The van der Waals surface area contributed by atoms with Gasteiger partial charge in [0.1, 0.15) is 6.61 Å². The Morgan fingerprint density at radius 2 is 2.24 bits per heavy atom. The number of aliphatic hydroxyl groups is 1. The third-order valence-corrected chi connectivity index (χ3v) is 4.93. The van der Waals surface area contributed by atoms with E-state index in [4.69, 9.17) is 9.47 Å². The van der Waals surface area contributed by atoms with E-state index in [1.807, 2.05) is 0 Å². The van der Waals surface area contributed by atoms with Crippen LogP contribution in [0, 0.1) is 5.92 Å². The second kappa shape index (κ2) is 6.46. The molecule has 5 nitrogen and oxygen atoms in total. The zero-order valence-corrected chi connectivity index (χ0v) is 13.5. The van der Waals surface area contributed by atoms with E-state index in [2.05, 4.69) is 11.0 Å². The van der Waals surface area contributed by atoms with Crippen LogP contribution in [0.1, 0.15) is 33.6 Å². The van der Waals surface area contributed by atoms with Crippen molar-refractivity contribution in [3.63, 3.8) is 0 Å². The van der Waals surface area contributed by atoms with Gasteiger partial charge in [-0.15, -0.1) is 0 Å². The maximum atomic E-state index is 12.4. The molecule has 3 atom stereocenters. The average molecular weight is 297 g/mol. The number of carbonyl (C=O) groups excluding carboxylic acids is 1. The highest BCUT2D eigenvalue weighted by Gasteiger charge is 2.47. The van der Waals surface area contributed by atoms with Gasteiger partial charge in [-0.05, 0) is 37.8 Å². The van der Waals surface area contributed by atoms with Gasteiger partial charge in [0.05, 0.1) is 6.10 Å². The van der Waals surface area contributed by atoms with Crippen LogP contribution in [-0.2, 0) is 14.3 Å². The van der Waals surface area contributed by atoms with E-state index in [0.29, 0.717) is 6.04 Å². The summed E-state index contributed by atoms with van der Waals surface area (Å²) < 4.78 is 10.6. The lowest BCUT2D eigenvalue weighted by Gasteiger charge is -2.34. The molecule has 1 fully saturated rings. The van der Waals surface area contributed by atoms with Crippen molar-refractivity contribution in [2.24, 2.45) is 5.92 Å². The van der Waals surface area contributed by atoms with Crippen molar-refractivity contribution >= 4 is 5.97 Å². The Kier molecular flexibility index (Phi) is 5.07. The summed E-state index contributed by atoms with van der Waals surface area (Å²) >= 11 is 0. The molecule has 0 saturated carbocycles. The van der Waals surface area contributed by atoms with Crippen LogP contribution in [-0.4, -0.2) is 60.5 Å². The second-order valence-electron chi connectivity index (χ2n) is 6.37. The van der Waals surface area contributed by atoms with E-state index in [1.165, 1.54) is 13.5 Å². The van der Waals surface area contributed by atoms with Crippen LogP contribution in [0.25, 0.3) is 0 Å². The normalized spacial score (nSPS) is 26.4. The van der Waals surface area contributed by atoms with Crippen molar-refractivity contribution in [3.8, 4) is 0 Å². The Hall–Kier alpha value is -0.910. The first-order valence-electron chi connectivity index (χ1n) is 7.76. The lowest BCUT2D eigenvalue weighted by molar-refractivity contribution is -0.186. The SMILES string of the molecule is CO[C@@H](C)[C@](O)(C(=O)OCC1=CCN2CCC[C@H]12)C(C)C. The fourth-order valence-corrected chi connectivity index (χ4v) is 3.31. The lowest BCUT2D eigenvalue weighted by Crippen LogP contribution is -2.54. The summed E-state index contributed by atoms with van der Waals surface area (Å²) in [6.07, 6.45) is 3.87. The highest BCUT2D eigenvalue weighted by atomic mass is 16.6. The number of rotatable bonds is 6. The van der Waals surface area contributed by atoms with E-state index in [9.17, 15) is 9.90 Å². The summed E-state index contributed by atoms with van der Waals surface area (Å²) in [5.74, 6) is -0.871. The quantitative estimate of drug-likeness (QED) is 0.592. The number of hydrogen-bond acceptors (Lipinski definition) is 5. The van der Waals surface area contributed by atoms with E-state index in [-0.39, 0.29) is 12.5 Å². The largest absolute Gasteiger partial charge is 0.459 e. The molecule has 2 aliphatic rings. The highest BCUT2D eigenvalue weighted by molar-refractivity contribution is 5.80. The number of ether oxygens (including phenoxy) is 2. The van der Waals surface area contributed by atoms with Crippen molar-refractivity contribution in [2.75, 3.05) is 26.8 Å². The maximum Gasteiger partial charge on any atom is 0.341 e. The number of carbonyl (C=O) groups is 1. The smallest absolute Gasteiger partial charge is 0.341 e. The van der Waals surface area contributed by atoms with Gasteiger partial charge < -0.3 is 14.6 Å². The van der Waals surface area contributed by atoms with Gasteiger partial charge in [0.2, 0.25) is 0 Å². The molecule has 0 amide bonds. The van der Waals surface area contributed by atoms with Crippen LogP contribution in [0.5, 0.6) is 0 Å². The van der Waals surface area contributed by atoms with Crippen LogP contribution in [0.3, 0.4) is 0 Å². The summed E-state index contributed by atoms with van der Waals surface area (Å²) in [5, 5.41) is 10.7. The molecule has 5 heteroatoms. The minimum Gasteiger partial charge on any atom is -0.459 e. The van der Waals surface area contributed by atoms with Crippen LogP contribution in [0.15, 0.2) is 11.6 Å². The topological polar surface area (TPSA) is 59.0 Å². The molecule has 1 N–H and O–H groups in total. The number of nitrogens with zero attached hydrogens (tertiary/aromatic N) is 1. The minimum atomic E-state index is -1.61. The van der Waals surface area contributed by atoms with Gasteiger partial charge >= 0.3 is 5.97 Å². The summed E-state index contributed by atoms with van der Waals surface area (Å²) in [6, 6.07) is 0.421. The van der Waals surface area contributed by atoms with Crippen LogP contribution in [0.4, 0.5) is 0 Å². The molecule has 0 bridgehead atoms. The van der Waals surface area contributed by atoms with Crippen molar-refractivity contribution in [2.45, 2.75) is 51.4 Å². The van der Waals surface area contributed by atoms with Crippen molar-refractivity contribution in [1.29, 1.82) is 0 Å². The number of hydrogen-bond donors (Lipinski definition) is 1. The van der Waals surface area contributed by atoms with Crippen molar-refractivity contribution in [1.82, 2.24) is 4.90 Å². The Labute approximate surface area is 126 Å². The fraction of sp³-hybridized carbons (Fsp3) is 0.812. The zero-order chi connectivity index (χ0) is 15.6. The van der Waals surface area contributed by atoms with Gasteiger partial charge in [-0.2, -0.15) is 0 Å². The number of fused-ring (bicyclic) bond motifs is 1. The highest BCUT2D eigenvalue weighted by Crippen LogP contribution is 2.30. The molecule has 0 aromatic rings. The van der Waals surface area contributed by atoms with Crippen molar-refractivity contribution in [3.05, 3.63) is 11.6 Å². The van der Waals surface area contributed by atoms with Gasteiger partial charge in [-0.25, -0.2) is 4.79 Å². The summed E-state index contributed by atoms with van der Waals surface area (Å²) in [5.41, 5.74) is -0.444. The molecular formula is C16H27NO4. The zero-order valence-electron chi connectivity index (χ0n) is 13.5. The molecule has 2 aliphatic heterocycles. The first kappa shape index (κ1) is 16.5. The molecule has 0 aromatic heterocycles. The molecule has 0 aliphatic carbocycles. The Morgan fingerprint density at radius 1 is 1.52 bits per heavy atom. The van der Waals surface area contributed by atoms with Gasteiger partial charge in [0.25, 0.3) is 0 Å². The predicted octanol–water partition coefficient (Wildman–Crippen LogP) is 1.36.